The van der Waals surface area contributed by atoms with Crippen LogP contribution in [0.5, 0.6) is 0 Å². The Kier molecular flexibility index (Phi) is 9.50. The van der Waals surface area contributed by atoms with Gasteiger partial charge in [0.25, 0.3) is 5.78 Å². The van der Waals surface area contributed by atoms with Crippen molar-refractivity contribution in [2.45, 2.75) is 54.2 Å². The van der Waals surface area contributed by atoms with Crippen LogP contribution < -0.4 is 0 Å². The number of Topliss-reactive ketones (excluding diaryl/α,β-unsaturated/α-hetero) is 3. The maximum atomic E-state index is 14.9. The Morgan fingerprint density at radius 2 is 1.31 bits per heavy atom. The van der Waals surface area contributed by atoms with Gasteiger partial charge in [0.15, 0.2) is 17.0 Å². The molecule has 264 valence electrons. The molecule has 4 bridgehead atoms. The van der Waals surface area contributed by atoms with Crippen LogP contribution in [0.25, 0.3) is 0 Å². The number of fused-ring (bicyclic) bond motifs is 3. The van der Waals surface area contributed by atoms with E-state index in [4.69, 9.17) is 42.6 Å². The van der Waals surface area contributed by atoms with Gasteiger partial charge >= 0.3 is 0 Å². The fraction of sp³-hybridized carbons (Fsp3) is 0.639. The molecule has 0 heterocycles. The quantitative estimate of drug-likeness (QED) is 0.187. The molecule has 7 aliphatic carbocycles. The average molecular weight is 673 g/mol. The standard InChI is InChI=1S/C36H48O12/c1-12-14-21-18-32(41-4)23(17-24(21)34(43-6,44-7)29(32)38)16-22-19-33(42-5)30(39)35(45-8,46-9)26(22)27-31(33,15-13-2)20-25(40-3)28(37)36(27,47-10)48-11/h12-13,18-20,23-24,26-27H,1-2,14-17H2,3-11H3/t23-,24+,26-,27-,31-,32-,33+/m0/s1. The summed E-state index contributed by atoms with van der Waals surface area (Å²) in [4.78, 5) is 43.6. The Labute approximate surface area is 282 Å². The van der Waals surface area contributed by atoms with Crippen LogP contribution in [0.15, 0.2) is 60.4 Å². The molecule has 48 heavy (non-hydrogen) atoms. The fourth-order valence-electron chi connectivity index (χ4n) is 9.98. The highest BCUT2D eigenvalue weighted by molar-refractivity contribution is 6.06. The van der Waals surface area contributed by atoms with E-state index in [1.54, 1.807) is 24.3 Å². The molecule has 0 aromatic rings. The van der Waals surface area contributed by atoms with Gasteiger partial charge in [0.1, 0.15) is 0 Å². The van der Waals surface area contributed by atoms with Crippen LogP contribution in [0.3, 0.4) is 0 Å². The summed E-state index contributed by atoms with van der Waals surface area (Å²) in [6.45, 7) is 7.91. The summed E-state index contributed by atoms with van der Waals surface area (Å²) in [5.74, 6) is -9.85. The van der Waals surface area contributed by atoms with E-state index in [-0.39, 0.29) is 24.4 Å². The number of methoxy groups -OCH3 is 9. The zero-order chi connectivity index (χ0) is 35.5. The average Bonchev–Trinajstić information content (AvgIpc) is 3.10. The molecule has 2 saturated carbocycles. The number of rotatable bonds is 15. The minimum absolute atomic E-state index is 0.0483. The Hall–Kier alpha value is -2.81. The Bertz CT molecular complexity index is 1460. The van der Waals surface area contributed by atoms with E-state index in [1.807, 2.05) is 6.08 Å². The first-order chi connectivity index (χ1) is 22.9. The van der Waals surface area contributed by atoms with Crippen molar-refractivity contribution in [2.24, 2.45) is 29.1 Å². The van der Waals surface area contributed by atoms with Crippen molar-refractivity contribution in [3.05, 3.63) is 60.4 Å². The molecule has 7 atom stereocenters. The van der Waals surface area contributed by atoms with E-state index in [9.17, 15) is 14.4 Å². The van der Waals surface area contributed by atoms with E-state index in [0.29, 0.717) is 18.4 Å². The number of hydrogen-bond donors (Lipinski definition) is 0. The minimum Gasteiger partial charge on any atom is -0.493 e. The lowest BCUT2D eigenvalue weighted by molar-refractivity contribution is -0.331. The number of carbonyl (C=O) groups excluding carboxylic acids is 3. The van der Waals surface area contributed by atoms with Crippen molar-refractivity contribution in [1.29, 1.82) is 0 Å². The van der Waals surface area contributed by atoms with Crippen LogP contribution >= 0.6 is 0 Å². The first-order valence-corrected chi connectivity index (χ1v) is 15.9. The first-order valence-electron chi connectivity index (χ1n) is 15.9. The zero-order valence-corrected chi connectivity index (χ0v) is 29.3. The lowest BCUT2D eigenvalue weighted by Gasteiger charge is -2.68. The van der Waals surface area contributed by atoms with Gasteiger partial charge in [0, 0.05) is 80.0 Å². The number of ketones is 3. The first kappa shape index (κ1) is 36.5. The van der Waals surface area contributed by atoms with Crippen LogP contribution in [-0.4, -0.2) is 110 Å². The van der Waals surface area contributed by atoms with Gasteiger partial charge in [-0.05, 0) is 43.9 Å². The lowest BCUT2D eigenvalue weighted by Crippen LogP contribution is -2.81. The fourth-order valence-corrected chi connectivity index (χ4v) is 9.98. The number of hydrogen-bond acceptors (Lipinski definition) is 12. The summed E-state index contributed by atoms with van der Waals surface area (Å²) in [6.07, 6.45) is 10.0. The molecule has 12 nitrogen and oxygen atoms in total. The molecule has 0 saturated heterocycles. The zero-order valence-electron chi connectivity index (χ0n) is 29.3. The van der Waals surface area contributed by atoms with Gasteiger partial charge in [0.2, 0.25) is 28.9 Å². The number of allylic oxidation sites excluding steroid dienone is 2. The molecule has 0 radical (unpaired) electrons. The Morgan fingerprint density at radius 3 is 1.79 bits per heavy atom. The normalized spacial score (nSPS) is 37.0. The van der Waals surface area contributed by atoms with Crippen molar-refractivity contribution in [3.8, 4) is 0 Å². The van der Waals surface area contributed by atoms with E-state index < -0.39 is 69.2 Å². The van der Waals surface area contributed by atoms with Crippen molar-refractivity contribution in [2.75, 3.05) is 64.0 Å². The smallest absolute Gasteiger partial charge is 0.256 e. The molecular weight excluding hydrogens is 624 g/mol. The van der Waals surface area contributed by atoms with Crippen LogP contribution in [0.4, 0.5) is 0 Å². The van der Waals surface area contributed by atoms with Gasteiger partial charge in [-0.2, -0.15) is 0 Å². The van der Waals surface area contributed by atoms with Gasteiger partial charge < -0.3 is 42.6 Å². The summed E-state index contributed by atoms with van der Waals surface area (Å²) < 4.78 is 54.0. The predicted octanol–water partition coefficient (Wildman–Crippen LogP) is 3.27. The second-order valence-corrected chi connectivity index (χ2v) is 13.0. The third-order valence-corrected chi connectivity index (χ3v) is 11.9. The molecule has 0 aliphatic heterocycles. The summed E-state index contributed by atoms with van der Waals surface area (Å²) in [5.41, 5.74) is -3.01. The molecule has 0 aromatic carbocycles. The number of ether oxygens (including phenoxy) is 9. The summed E-state index contributed by atoms with van der Waals surface area (Å²) >= 11 is 0. The van der Waals surface area contributed by atoms with Gasteiger partial charge in [-0.15, -0.1) is 13.2 Å². The monoisotopic (exact) mass is 672 g/mol. The second-order valence-electron chi connectivity index (χ2n) is 13.0. The maximum Gasteiger partial charge on any atom is 0.256 e. The molecule has 12 heteroatoms. The largest absolute Gasteiger partial charge is 0.493 e. The topological polar surface area (TPSA) is 134 Å². The van der Waals surface area contributed by atoms with Gasteiger partial charge in [-0.25, -0.2) is 0 Å². The van der Waals surface area contributed by atoms with Gasteiger partial charge in [-0.1, -0.05) is 23.3 Å². The lowest BCUT2D eigenvalue weighted by atomic mass is 9.41. The Morgan fingerprint density at radius 1 is 0.708 bits per heavy atom. The maximum absolute atomic E-state index is 14.9. The van der Waals surface area contributed by atoms with Crippen molar-refractivity contribution < 1.29 is 57.0 Å². The van der Waals surface area contributed by atoms with Crippen LogP contribution in [0.2, 0.25) is 0 Å². The van der Waals surface area contributed by atoms with Crippen molar-refractivity contribution >= 4 is 17.3 Å². The molecule has 0 spiro atoms. The van der Waals surface area contributed by atoms with E-state index in [2.05, 4.69) is 13.2 Å². The SMILES string of the molecule is C=CCC1=C[C@@]2(OC)C(=O)C(OC)(OC)[C@@H]1C[C@@H]2CC1=C[C@@]2(OC)C(=O)C(OC)(OC)[C@@H]1[C@@H]1C(OC)(OC)C(=O)C(OC)=C[C@@]12CC=C. The van der Waals surface area contributed by atoms with E-state index in [0.717, 1.165) is 5.57 Å². The van der Waals surface area contributed by atoms with Crippen molar-refractivity contribution in [3.63, 3.8) is 0 Å². The molecule has 0 N–H and O–H groups in total. The van der Waals surface area contributed by atoms with E-state index >= 15 is 0 Å². The molecule has 0 aromatic heterocycles. The van der Waals surface area contributed by atoms with Gasteiger partial charge in [0.05, 0.1) is 13.0 Å². The summed E-state index contributed by atoms with van der Waals surface area (Å²) in [7, 11) is 12.7. The van der Waals surface area contributed by atoms with E-state index in [1.165, 1.54) is 64.0 Å². The third kappa shape index (κ3) is 4.03. The Balaban J connectivity index is 1.81. The molecule has 7 rings (SSSR count). The second kappa shape index (κ2) is 12.5. The predicted molar refractivity (Wildman–Crippen MR) is 171 cm³/mol. The van der Waals surface area contributed by atoms with Gasteiger partial charge in [-0.3, -0.25) is 14.4 Å². The molecular formula is C36H48O12. The van der Waals surface area contributed by atoms with Crippen LogP contribution in [-0.2, 0) is 57.0 Å². The van der Waals surface area contributed by atoms with Crippen LogP contribution in [0, 0.1) is 29.1 Å². The summed E-state index contributed by atoms with van der Waals surface area (Å²) in [6, 6.07) is 0. The van der Waals surface area contributed by atoms with Crippen molar-refractivity contribution in [1.82, 2.24) is 0 Å². The number of carbonyl (C=O) groups is 3. The molecule has 0 amide bonds. The molecule has 2 fully saturated rings. The molecule has 7 aliphatic rings. The highest BCUT2D eigenvalue weighted by Crippen LogP contribution is 2.70. The summed E-state index contributed by atoms with van der Waals surface area (Å²) in [5, 5.41) is 0. The third-order valence-electron chi connectivity index (χ3n) is 11.9. The highest BCUT2D eigenvalue weighted by Gasteiger charge is 2.82. The molecule has 0 unspecified atom stereocenters. The van der Waals surface area contributed by atoms with Crippen LogP contribution in [0.1, 0.15) is 25.7 Å². The highest BCUT2D eigenvalue weighted by atomic mass is 16.7. The minimum atomic E-state index is -1.97.